The van der Waals surface area contributed by atoms with E-state index in [9.17, 15) is 13.5 Å². The average Bonchev–Trinajstić information content (AvgIpc) is 2.52. The highest BCUT2D eigenvalue weighted by molar-refractivity contribution is 7.90. The summed E-state index contributed by atoms with van der Waals surface area (Å²) in [6.45, 7) is 4.73. The van der Waals surface area contributed by atoms with E-state index in [0.717, 1.165) is 17.6 Å². The van der Waals surface area contributed by atoms with Crippen LogP contribution in [0.5, 0.6) is 5.75 Å². The van der Waals surface area contributed by atoms with Gasteiger partial charge in [-0.25, -0.2) is 8.42 Å². The Labute approximate surface area is 108 Å². The van der Waals surface area contributed by atoms with Gasteiger partial charge in [-0.05, 0) is 17.7 Å². The maximum atomic E-state index is 11.2. The van der Waals surface area contributed by atoms with Gasteiger partial charge in [0, 0.05) is 17.2 Å². The van der Waals surface area contributed by atoms with Crippen LogP contribution in [0.15, 0.2) is 18.2 Å². The van der Waals surface area contributed by atoms with Crippen LogP contribution in [0.3, 0.4) is 0 Å². The fraction of sp³-hybridized carbons (Fsp3) is 0.538. The lowest BCUT2D eigenvalue weighted by Gasteiger charge is -2.17. The van der Waals surface area contributed by atoms with Gasteiger partial charge in [0.1, 0.15) is 15.6 Å². The largest absolute Gasteiger partial charge is 0.492 e. The molecule has 1 heterocycles. The number of aliphatic hydroxyl groups excluding tert-OH is 1. The molecule has 0 saturated carbocycles. The minimum Gasteiger partial charge on any atom is -0.492 e. The summed E-state index contributed by atoms with van der Waals surface area (Å²) in [6.07, 6.45) is 0.137. The molecule has 5 heteroatoms. The molecule has 1 aliphatic heterocycles. The third-order valence-electron chi connectivity index (χ3n) is 3.17. The van der Waals surface area contributed by atoms with Crippen molar-refractivity contribution in [1.29, 1.82) is 0 Å². The van der Waals surface area contributed by atoms with E-state index in [2.05, 4.69) is 13.8 Å². The van der Waals surface area contributed by atoms with E-state index < -0.39 is 15.9 Å². The molecule has 0 bridgehead atoms. The van der Waals surface area contributed by atoms with Gasteiger partial charge in [-0.15, -0.1) is 0 Å². The molecule has 1 aromatic rings. The van der Waals surface area contributed by atoms with Crippen molar-refractivity contribution >= 4 is 9.84 Å². The van der Waals surface area contributed by atoms with E-state index >= 15 is 0 Å². The molecule has 0 saturated heterocycles. The Bertz CT molecular complexity index is 560. The maximum Gasteiger partial charge on any atom is 0.150 e. The zero-order valence-electron chi connectivity index (χ0n) is 10.8. The minimum absolute atomic E-state index is 0.101. The smallest absolute Gasteiger partial charge is 0.150 e. The monoisotopic (exact) mass is 270 g/mol. The summed E-state index contributed by atoms with van der Waals surface area (Å²) in [5.41, 5.74) is 1.54. The highest BCUT2D eigenvalue weighted by Gasteiger charge is 2.32. The summed E-state index contributed by atoms with van der Waals surface area (Å²) >= 11 is 0. The van der Waals surface area contributed by atoms with E-state index in [1.54, 1.807) is 12.1 Å². The van der Waals surface area contributed by atoms with E-state index in [1.807, 2.05) is 6.07 Å². The molecule has 0 fully saturated rings. The van der Waals surface area contributed by atoms with Crippen LogP contribution in [-0.4, -0.2) is 32.1 Å². The third-order valence-corrected chi connectivity index (χ3v) is 4.09. The number of hydrogen-bond acceptors (Lipinski definition) is 4. The van der Waals surface area contributed by atoms with Gasteiger partial charge in [0.2, 0.25) is 0 Å². The van der Waals surface area contributed by atoms with Crippen LogP contribution in [0.1, 0.15) is 31.1 Å². The topological polar surface area (TPSA) is 63.6 Å². The van der Waals surface area contributed by atoms with Crippen molar-refractivity contribution in [2.75, 3.05) is 18.6 Å². The van der Waals surface area contributed by atoms with Gasteiger partial charge in [0.05, 0.1) is 18.5 Å². The number of hydrogen-bond donors (Lipinski definition) is 1. The molecule has 0 radical (unpaired) electrons. The summed E-state index contributed by atoms with van der Waals surface area (Å²) < 4.78 is 27.9. The Balaban J connectivity index is 2.32. The molecule has 1 N–H and O–H groups in total. The number of sulfone groups is 1. The van der Waals surface area contributed by atoms with Gasteiger partial charge in [0.25, 0.3) is 0 Å². The average molecular weight is 270 g/mol. The highest BCUT2D eigenvalue weighted by atomic mass is 32.2. The first-order valence-corrected chi connectivity index (χ1v) is 7.88. The van der Waals surface area contributed by atoms with E-state index in [0.29, 0.717) is 12.2 Å². The predicted octanol–water partition coefficient (Wildman–Crippen LogP) is 1.43. The van der Waals surface area contributed by atoms with Gasteiger partial charge in [-0.1, -0.05) is 19.9 Å². The van der Waals surface area contributed by atoms with Crippen LogP contribution < -0.4 is 4.74 Å². The van der Waals surface area contributed by atoms with Crippen LogP contribution in [0.2, 0.25) is 0 Å². The van der Waals surface area contributed by atoms with Crippen LogP contribution in [0, 0.1) is 0 Å². The van der Waals surface area contributed by atoms with E-state index in [-0.39, 0.29) is 11.2 Å². The molecular formula is C13H18O4S. The van der Waals surface area contributed by atoms with Crippen LogP contribution in [0.4, 0.5) is 0 Å². The SMILES string of the molecule is CC1(C)COc2ccc(C(O)CS(C)(=O)=O)cc21. The second-order valence-electron chi connectivity index (χ2n) is 5.54. The number of ether oxygens (including phenoxy) is 1. The first-order valence-electron chi connectivity index (χ1n) is 5.82. The molecule has 0 spiro atoms. The van der Waals surface area contributed by atoms with Crippen molar-refractivity contribution in [3.05, 3.63) is 29.3 Å². The Morgan fingerprint density at radius 3 is 2.72 bits per heavy atom. The number of aliphatic hydroxyl groups is 1. The molecule has 1 atom stereocenters. The fourth-order valence-electron chi connectivity index (χ4n) is 2.13. The zero-order valence-corrected chi connectivity index (χ0v) is 11.6. The molecule has 1 aromatic carbocycles. The molecule has 1 unspecified atom stereocenters. The lowest BCUT2D eigenvalue weighted by Crippen LogP contribution is -2.19. The minimum atomic E-state index is -3.20. The molecule has 2 rings (SSSR count). The van der Waals surface area contributed by atoms with Crippen molar-refractivity contribution in [2.24, 2.45) is 0 Å². The Kier molecular flexibility index (Phi) is 3.15. The van der Waals surface area contributed by atoms with Gasteiger partial charge in [0.15, 0.2) is 0 Å². The molecule has 18 heavy (non-hydrogen) atoms. The molecule has 100 valence electrons. The van der Waals surface area contributed by atoms with Crippen molar-refractivity contribution in [3.63, 3.8) is 0 Å². The van der Waals surface area contributed by atoms with Gasteiger partial charge in [-0.3, -0.25) is 0 Å². The maximum absolute atomic E-state index is 11.2. The first-order chi connectivity index (χ1) is 8.19. The normalized spacial score (nSPS) is 19.1. The predicted molar refractivity (Wildman–Crippen MR) is 69.6 cm³/mol. The molecule has 0 amide bonds. The quantitative estimate of drug-likeness (QED) is 0.902. The van der Waals surface area contributed by atoms with E-state index in [4.69, 9.17) is 4.74 Å². The Hall–Kier alpha value is -1.07. The van der Waals surface area contributed by atoms with Crippen molar-refractivity contribution < 1.29 is 18.3 Å². The van der Waals surface area contributed by atoms with Crippen LogP contribution >= 0.6 is 0 Å². The molecule has 0 aliphatic carbocycles. The zero-order chi connectivity index (χ0) is 13.6. The van der Waals surface area contributed by atoms with Crippen LogP contribution in [-0.2, 0) is 15.3 Å². The summed E-state index contributed by atoms with van der Waals surface area (Å²) in [5.74, 6) is 0.558. The molecule has 0 aromatic heterocycles. The number of fused-ring (bicyclic) bond motifs is 1. The standard InChI is InChI=1S/C13H18O4S/c1-13(2)8-17-12-5-4-9(6-10(12)13)11(14)7-18(3,15)16/h4-6,11,14H,7-8H2,1-3H3. The summed E-state index contributed by atoms with van der Waals surface area (Å²) in [4.78, 5) is 0. The second-order valence-corrected chi connectivity index (χ2v) is 7.72. The van der Waals surface area contributed by atoms with Crippen LogP contribution in [0.25, 0.3) is 0 Å². The number of benzene rings is 1. The van der Waals surface area contributed by atoms with Crippen molar-refractivity contribution in [2.45, 2.75) is 25.4 Å². The second kappa shape index (κ2) is 4.24. The van der Waals surface area contributed by atoms with Crippen molar-refractivity contribution in [3.8, 4) is 5.75 Å². The lowest BCUT2D eigenvalue weighted by atomic mass is 9.86. The Morgan fingerprint density at radius 1 is 1.44 bits per heavy atom. The van der Waals surface area contributed by atoms with E-state index in [1.165, 1.54) is 0 Å². The Morgan fingerprint density at radius 2 is 2.11 bits per heavy atom. The van der Waals surface area contributed by atoms with Gasteiger partial charge < -0.3 is 9.84 Å². The summed E-state index contributed by atoms with van der Waals surface area (Å²) in [6, 6.07) is 5.36. The van der Waals surface area contributed by atoms with Gasteiger partial charge >= 0.3 is 0 Å². The summed E-state index contributed by atoms with van der Waals surface area (Å²) in [5, 5.41) is 9.94. The highest BCUT2D eigenvalue weighted by Crippen LogP contribution is 2.39. The number of rotatable bonds is 3. The van der Waals surface area contributed by atoms with Gasteiger partial charge in [-0.2, -0.15) is 0 Å². The summed E-state index contributed by atoms with van der Waals surface area (Å²) in [7, 11) is -3.20. The lowest BCUT2D eigenvalue weighted by molar-refractivity contribution is 0.201. The fourth-order valence-corrected chi connectivity index (χ4v) is 2.89. The molecule has 4 nitrogen and oxygen atoms in total. The first kappa shape index (κ1) is 13.4. The molecule has 1 aliphatic rings. The third kappa shape index (κ3) is 2.67. The van der Waals surface area contributed by atoms with Crippen molar-refractivity contribution in [1.82, 2.24) is 0 Å². The molecular weight excluding hydrogens is 252 g/mol.